The van der Waals surface area contributed by atoms with E-state index < -0.39 is 52.9 Å². The number of aliphatic imine (C=N–C) groups is 1. The van der Waals surface area contributed by atoms with Gasteiger partial charge in [-0.05, 0) is 17.7 Å². The topological polar surface area (TPSA) is 196 Å². The first-order valence-electron chi connectivity index (χ1n) is 9.35. The van der Waals surface area contributed by atoms with Gasteiger partial charge in [-0.15, -0.1) is 11.8 Å². The number of benzene rings is 1. The Hall–Kier alpha value is -3.84. The van der Waals surface area contributed by atoms with Crippen molar-refractivity contribution >= 4 is 63.8 Å². The highest BCUT2D eigenvalue weighted by atomic mass is 35.5. The molecule has 2 aromatic rings. The molecule has 2 atom stereocenters. The number of phenols is 1. The van der Waals surface area contributed by atoms with Crippen LogP contribution in [0.4, 0.5) is 0 Å². The number of carboxylic acid groups (broad SMARTS) is 2. The van der Waals surface area contributed by atoms with Gasteiger partial charge in [0, 0.05) is 17.2 Å². The summed E-state index contributed by atoms with van der Waals surface area (Å²) in [6.45, 7) is 2.86. The van der Waals surface area contributed by atoms with Gasteiger partial charge in [0.15, 0.2) is 6.04 Å². The van der Waals surface area contributed by atoms with Crippen molar-refractivity contribution in [1.29, 1.82) is 0 Å². The molecule has 2 amide bonds. The van der Waals surface area contributed by atoms with Crippen molar-refractivity contribution in [1.82, 2.24) is 10.6 Å². The van der Waals surface area contributed by atoms with Crippen molar-refractivity contribution in [2.24, 2.45) is 4.99 Å². The number of carbonyl (C=O) groups excluding carboxylic acids is 2. The van der Waals surface area contributed by atoms with Crippen LogP contribution in [0.5, 0.6) is 5.75 Å². The normalized spacial score (nSPS) is 16.4. The number of aliphatic carboxylic acids is 2. The summed E-state index contributed by atoms with van der Waals surface area (Å²) < 4.78 is 4.98. The fraction of sp³-hybridized carbons (Fsp3) is 0.200. The standard InChI is InChI=1S/C20H16ClN3O9S/c1-7-6-34-17(24-14(7)18(28)29)15(19(30)31)23-13(26)5-22-16(27)9-2-8-3-10(21)11(25)4-12(8)33-20(9)32/h2-4,15,17,25H,1,5-6H2,(H,22,27)(H,23,26)(H,28,29)(H,30,31). The number of aromatic hydroxyl groups is 1. The number of thioether (sulfide) groups is 1. The summed E-state index contributed by atoms with van der Waals surface area (Å²) >= 11 is 6.80. The van der Waals surface area contributed by atoms with E-state index in [4.69, 9.17) is 21.1 Å². The van der Waals surface area contributed by atoms with Gasteiger partial charge < -0.3 is 30.4 Å². The van der Waals surface area contributed by atoms with E-state index in [9.17, 15) is 34.2 Å². The van der Waals surface area contributed by atoms with E-state index in [1.165, 1.54) is 6.07 Å². The first-order valence-corrected chi connectivity index (χ1v) is 10.8. The van der Waals surface area contributed by atoms with Crippen LogP contribution in [0.3, 0.4) is 0 Å². The number of hydrogen-bond acceptors (Lipinski definition) is 9. The minimum absolute atomic E-state index is 0.0144. The lowest BCUT2D eigenvalue weighted by Crippen LogP contribution is -2.51. The third-order valence-electron chi connectivity index (χ3n) is 4.55. The SMILES string of the molecule is C=C1CSC(C(NC(=O)CNC(=O)c2cc3cc(Cl)c(O)cc3oc2=O)C(=O)O)N=C1C(=O)O. The number of carbonyl (C=O) groups is 4. The summed E-state index contributed by atoms with van der Waals surface area (Å²) in [5.41, 5.74) is -1.67. The number of halogens is 1. The van der Waals surface area contributed by atoms with Gasteiger partial charge in [-0.25, -0.2) is 14.4 Å². The molecule has 12 nitrogen and oxygen atoms in total. The van der Waals surface area contributed by atoms with Crippen LogP contribution in [0, 0.1) is 0 Å². The van der Waals surface area contributed by atoms with Crippen LogP contribution in [0.2, 0.25) is 5.02 Å². The minimum atomic E-state index is -1.59. The fourth-order valence-corrected chi connectivity index (χ4v) is 4.15. The van der Waals surface area contributed by atoms with Crippen molar-refractivity contribution in [3.05, 3.63) is 51.4 Å². The Labute approximate surface area is 199 Å². The van der Waals surface area contributed by atoms with Gasteiger partial charge in [0.05, 0.1) is 11.6 Å². The van der Waals surface area contributed by atoms with Crippen LogP contribution < -0.4 is 16.3 Å². The lowest BCUT2D eigenvalue weighted by atomic mass is 10.1. The van der Waals surface area contributed by atoms with Crippen LogP contribution in [0.25, 0.3) is 11.0 Å². The van der Waals surface area contributed by atoms with Gasteiger partial charge in [-0.3, -0.25) is 14.6 Å². The van der Waals surface area contributed by atoms with E-state index in [2.05, 4.69) is 22.2 Å². The number of hydrogen-bond donors (Lipinski definition) is 5. The average molecular weight is 510 g/mol. The zero-order chi connectivity index (χ0) is 25.2. The predicted octanol–water partition coefficient (Wildman–Crippen LogP) is 0.606. The number of phenolic OH excluding ortho intramolecular Hbond substituents is 1. The Bertz CT molecular complexity index is 1320. The van der Waals surface area contributed by atoms with Crippen molar-refractivity contribution < 1.29 is 38.9 Å². The largest absolute Gasteiger partial charge is 0.506 e. The number of fused-ring (bicyclic) bond motifs is 1. The Kier molecular flexibility index (Phi) is 7.27. The molecular weight excluding hydrogens is 494 g/mol. The quantitative estimate of drug-likeness (QED) is 0.330. The summed E-state index contributed by atoms with van der Waals surface area (Å²) in [5.74, 6) is -4.95. The smallest absolute Gasteiger partial charge is 0.354 e. The van der Waals surface area contributed by atoms with E-state index >= 15 is 0 Å². The number of carboxylic acids is 2. The van der Waals surface area contributed by atoms with Gasteiger partial charge in [-0.2, -0.15) is 0 Å². The maximum Gasteiger partial charge on any atom is 0.354 e. The third kappa shape index (κ3) is 5.38. The second kappa shape index (κ2) is 9.97. The molecule has 2 heterocycles. The average Bonchev–Trinajstić information content (AvgIpc) is 2.76. The molecule has 0 radical (unpaired) electrons. The highest BCUT2D eigenvalue weighted by molar-refractivity contribution is 8.00. The first-order chi connectivity index (χ1) is 16.0. The summed E-state index contributed by atoms with van der Waals surface area (Å²) in [6, 6.07) is 1.96. The van der Waals surface area contributed by atoms with Crippen molar-refractivity contribution in [3.63, 3.8) is 0 Å². The molecule has 1 aromatic heterocycles. The van der Waals surface area contributed by atoms with Gasteiger partial charge in [0.25, 0.3) is 5.91 Å². The van der Waals surface area contributed by atoms with E-state index in [1.807, 2.05) is 0 Å². The fourth-order valence-electron chi connectivity index (χ4n) is 2.91. The van der Waals surface area contributed by atoms with E-state index in [-0.39, 0.29) is 38.8 Å². The molecule has 0 bridgehead atoms. The maximum absolute atomic E-state index is 12.4. The van der Waals surface area contributed by atoms with Crippen molar-refractivity contribution in [2.45, 2.75) is 11.4 Å². The van der Waals surface area contributed by atoms with Crippen molar-refractivity contribution in [2.75, 3.05) is 12.3 Å². The second-order valence-electron chi connectivity index (χ2n) is 6.94. The summed E-state index contributed by atoms with van der Waals surface area (Å²) in [7, 11) is 0. The molecule has 1 aliphatic rings. The number of rotatable bonds is 7. The first kappa shape index (κ1) is 24.8. The van der Waals surface area contributed by atoms with E-state index in [0.717, 1.165) is 23.9 Å². The Morgan fingerprint density at radius 2 is 1.97 bits per heavy atom. The molecule has 2 unspecified atom stereocenters. The van der Waals surface area contributed by atoms with E-state index in [1.54, 1.807) is 0 Å². The molecule has 178 valence electrons. The second-order valence-corrected chi connectivity index (χ2v) is 8.46. The third-order valence-corrected chi connectivity index (χ3v) is 6.08. The van der Waals surface area contributed by atoms with E-state index in [0.29, 0.717) is 0 Å². The highest BCUT2D eigenvalue weighted by Crippen LogP contribution is 2.28. The Morgan fingerprint density at radius 1 is 1.26 bits per heavy atom. The Balaban J connectivity index is 1.70. The maximum atomic E-state index is 12.4. The zero-order valence-corrected chi connectivity index (χ0v) is 18.6. The summed E-state index contributed by atoms with van der Waals surface area (Å²) in [6.07, 6.45) is 0. The molecule has 1 aliphatic heterocycles. The molecule has 5 N–H and O–H groups in total. The minimum Gasteiger partial charge on any atom is -0.506 e. The van der Waals surface area contributed by atoms with Crippen LogP contribution in [-0.2, 0) is 14.4 Å². The van der Waals surface area contributed by atoms with Gasteiger partial charge in [0.1, 0.15) is 28.0 Å². The summed E-state index contributed by atoms with van der Waals surface area (Å²) in [5, 5.41) is 31.6. The number of nitrogens with one attached hydrogen (secondary N) is 2. The molecule has 3 rings (SSSR count). The lowest BCUT2D eigenvalue weighted by molar-refractivity contribution is -0.141. The lowest BCUT2D eigenvalue weighted by Gasteiger charge is -2.25. The molecule has 0 saturated carbocycles. The molecule has 0 aliphatic carbocycles. The zero-order valence-electron chi connectivity index (χ0n) is 17.0. The molecule has 1 aromatic carbocycles. The van der Waals surface area contributed by atoms with Crippen molar-refractivity contribution in [3.8, 4) is 5.75 Å². The van der Waals surface area contributed by atoms with Gasteiger partial charge in [-0.1, -0.05) is 18.2 Å². The van der Waals surface area contributed by atoms with Gasteiger partial charge >= 0.3 is 17.6 Å². The molecule has 0 saturated heterocycles. The van der Waals surface area contributed by atoms with Crippen LogP contribution in [0.15, 0.2) is 44.6 Å². The highest BCUT2D eigenvalue weighted by Gasteiger charge is 2.34. The summed E-state index contributed by atoms with van der Waals surface area (Å²) in [4.78, 5) is 63.5. The molecule has 0 fully saturated rings. The van der Waals surface area contributed by atoms with Crippen LogP contribution in [-0.4, -0.2) is 68.5 Å². The molecule has 34 heavy (non-hydrogen) atoms. The van der Waals surface area contributed by atoms with Crippen LogP contribution in [0.1, 0.15) is 10.4 Å². The molecule has 14 heteroatoms. The Morgan fingerprint density at radius 3 is 2.62 bits per heavy atom. The molecule has 0 spiro atoms. The molecular formula is C20H16ClN3O9S. The predicted molar refractivity (Wildman–Crippen MR) is 122 cm³/mol. The monoisotopic (exact) mass is 509 g/mol. The number of amides is 2. The van der Waals surface area contributed by atoms with Crippen LogP contribution >= 0.6 is 23.4 Å². The van der Waals surface area contributed by atoms with Gasteiger partial charge in [0.2, 0.25) is 5.91 Å². The number of nitrogens with zero attached hydrogens (tertiary/aromatic N) is 1.